The first-order valence-electron chi connectivity index (χ1n) is 7.65. The summed E-state index contributed by atoms with van der Waals surface area (Å²) in [5.41, 5.74) is 10.2. The van der Waals surface area contributed by atoms with Crippen LogP contribution in [0.15, 0.2) is 24.3 Å². The second-order valence-corrected chi connectivity index (χ2v) is 7.12. The third kappa shape index (κ3) is 2.08. The number of aromatic nitrogens is 2. The monoisotopic (exact) mass is 315 g/mol. The van der Waals surface area contributed by atoms with Gasteiger partial charge in [-0.05, 0) is 49.4 Å². The Morgan fingerprint density at radius 2 is 2.14 bits per heavy atom. The van der Waals surface area contributed by atoms with Crippen LogP contribution < -0.4 is 5.73 Å². The molecule has 0 aliphatic heterocycles. The van der Waals surface area contributed by atoms with Gasteiger partial charge in [-0.2, -0.15) is 0 Å². The summed E-state index contributed by atoms with van der Waals surface area (Å²) >= 11 is 1.77. The first-order chi connectivity index (χ1) is 10.7. The number of rotatable bonds is 2. The van der Waals surface area contributed by atoms with Crippen LogP contribution in [0.1, 0.15) is 29.6 Å². The van der Waals surface area contributed by atoms with Crippen LogP contribution in [-0.4, -0.2) is 9.38 Å². The molecule has 2 N–H and O–H groups in total. The highest BCUT2D eigenvalue weighted by molar-refractivity contribution is 7.17. The number of aryl methyl sites for hydroxylation is 1. The zero-order valence-corrected chi connectivity index (χ0v) is 13.3. The van der Waals surface area contributed by atoms with Gasteiger partial charge in [0.05, 0.1) is 11.4 Å². The van der Waals surface area contributed by atoms with Crippen molar-refractivity contribution >= 4 is 16.3 Å². The standard InChI is InChI=1S/C17H18FN3S/c1-10-2-7-13-15(8-10)22-17-20-16(14(9-19)21(13)17)11-3-5-12(18)6-4-11/h3-6,10H,2,7-9,19H2,1H3. The highest BCUT2D eigenvalue weighted by Crippen LogP contribution is 2.36. The van der Waals surface area contributed by atoms with Crippen molar-refractivity contribution < 1.29 is 4.39 Å². The molecule has 0 bridgehead atoms. The van der Waals surface area contributed by atoms with E-state index in [4.69, 9.17) is 10.7 Å². The van der Waals surface area contributed by atoms with Gasteiger partial charge in [-0.1, -0.05) is 6.92 Å². The number of hydrogen-bond acceptors (Lipinski definition) is 3. The molecule has 1 atom stereocenters. The molecule has 3 aromatic rings. The molecule has 4 rings (SSSR count). The van der Waals surface area contributed by atoms with E-state index >= 15 is 0 Å². The Morgan fingerprint density at radius 1 is 1.36 bits per heavy atom. The van der Waals surface area contributed by atoms with E-state index in [-0.39, 0.29) is 5.82 Å². The van der Waals surface area contributed by atoms with E-state index in [2.05, 4.69) is 11.3 Å². The van der Waals surface area contributed by atoms with Crippen LogP contribution in [-0.2, 0) is 19.4 Å². The number of fused-ring (bicyclic) bond motifs is 3. The van der Waals surface area contributed by atoms with Crippen molar-refractivity contribution in [2.45, 2.75) is 32.7 Å². The molecule has 114 valence electrons. The number of imidazole rings is 1. The Morgan fingerprint density at radius 3 is 2.86 bits per heavy atom. The predicted molar refractivity (Wildman–Crippen MR) is 87.5 cm³/mol. The molecule has 3 nitrogen and oxygen atoms in total. The fourth-order valence-corrected chi connectivity index (χ4v) is 4.66. The molecule has 1 aliphatic rings. The molecule has 2 heterocycles. The van der Waals surface area contributed by atoms with Crippen molar-refractivity contribution in [2.24, 2.45) is 11.7 Å². The summed E-state index contributed by atoms with van der Waals surface area (Å²) in [6.45, 7) is 2.74. The summed E-state index contributed by atoms with van der Waals surface area (Å²) in [7, 11) is 0. The lowest BCUT2D eigenvalue weighted by Gasteiger charge is -2.18. The van der Waals surface area contributed by atoms with Crippen molar-refractivity contribution in [3.05, 3.63) is 46.3 Å². The Kier molecular flexibility index (Phi) is 3.27. The van der Waals surface area contributed by atoms with E-state index in [1.165, 1.54) is 29.1 Å². The average molecular weight is 315 g/mol. The van der Waals surface area contributed by atoms with Crippen LogP contribution >= 0.6 is 11.3 Å². The molecule has 0 amide bonds. The van der Waals surface area contributed by atoms with Gasteiger partial charge in [-0.3, -0.25) is 4.40 Å². The van der Waals surface area contributed by atoms with Gasteiger partial charge in [0.2, 0.25) is 0 Å². The summed E-state index contributed by atoms with van der Waals surface area (Å²) in [5.74, 6) is 0.513. The number of halogens is 1. The molecule has 5 heteroatoms. The highest BCUT2D eigenvalue weighted by atomic mass is 32.1. The molecule has 1 aliphatic carbocycles. The van der Waals surface area contributed by atoms with Crippen molar-refractivity contribution in [1.82, 2.24) is 9.38 Å². The molecule has 0 fully saturated rings. The van der Waals surface area contributed by atoms with E-state index in [1.807, 2.05) is 0 Å². The lowest BCUT2D eigenvalue weighted by molar-refractivity contribution is 0.498. The van der Waals surface area contributed by atoms with E-state index in [1.54, 1.807) is 23.5 Å². The minimum Gasteiger partial charge on any atom is -0.325 e. The van der Waals surface area contributed by atoms with E-state index in [0.717, 1.165) is 40.7 Å². The average Bonchev–Trinajstić information content (AvgIpc) is 3.02. The van der Waals surface area contributed by atoms with Gasteiger partial charge >= 0.3 is 0 Å². The van der Waals surface area contributed by atoms with Crippen molar-refractivity contribution in [1.29, 1.82) is 0 Å². The third-order valence-corrected chi connectivity index (χ3v) is 5.57. The number of nitrogens with two attached hydrogens (primary N) is 1. The van der Waals surface area contributed by atoms with Crippen LogP contribution in [0, 0.1) is 11.7 Å². The molecule has 2 aromatic heterocycles. The fraction of sp³-hybridized carbons (Fsp3) is 0.353. The molecular weight excluding hydrogens is 297 g/mol. The van der Waals surface area contributed by atoms with Gasteiger partial charge in [-0.25, -0.2) is 9.37 Å². The second kappa shape index (κ2) is 5.18. The summed E-state index contributed by atoms with van der Waals surface area (Å²) in [5, 5.41) is 0. The molecule has 0 radical (unpaired) electrons. The number of thiazole rings is 1. The number of benzene rings is 1. The Balaban J connectivity index is 1.91. The van der Waals surface area contributed by atoms with Crippen LogP contribution in [0.5, 0.6) is 0 Å². The lowest BCUT2D eigenvalue weighted by atomic mass is 9.93. The van der Waals surface area contributed by atoms with E-state index < -0.39 is 0 Å². The van der Waals surface area contributed by atoms with Gasteiger partial charge in [-0.15, -0.1) is 11.3 Å². The molecule has 1 aromatic carbocycles. The minimum absolute atomic E-state index is 0.231. The Labute approximate surface area is 132 Å². The SMILES string of the molecule is CC1CCc2c(sc3nc(-c4ccc(F)cc4)c(CN)n23)C1. The lowest BCUT2D eigenvalue weighted by Crippen LogP contribution is -2.13. The summed E-state index contributed by atoms with van der Waals surface area (Å²) in [6, 6.07) is 6.49. The zero-order chi connectivity index (χ0) is 15.3. The normalized spacial score (nSPS) is 17.9. The first-order valence-corrected chi connectivity index (χ1v) is 8.47. The summed E-state index contributed by atoms with van der Waals surface area (Å²) < 4.78 is 15.4. The van der Waals surface area contributed by atoms with Gasteiger partial charge in [0, 0.05) is 22.7 Å². The van der Waals surface area contributed by atoms with Gasteiger partial charge < -0.3 is 5.73 Å². The number of nitrogens with zero attached hydrogens (tertiary/aromatic N) is 2. The van der Waals surface area contributed by atoms with Crippen molar-refractivity contribution in [3.8, 4) is 11.3 Å². The highest BCUT2D eigenvalue weighted by Gasteiger charge is 2.24. The van der Waals surface area contributed by atoms with Gasteiger partial charge in [0.25, 0.3) is 0 Å². The zero-order valence-electron chi connectivity index (χ0n) is 12.5. The number of hydrogen-bond donors (Lipinski definition) is 1. The maximum absolute atomic E-state index is 13.1. The molecule has 22 heavy (non-hydrogen) atoms. The quantitative estimate of drug-likeness (QED) is 0.782. The van der Waals surface area contributed by atoms with Crippen LogP contribution in [0.25, 0.3) is 16.2 Å². The minimum atomic E-state index is -0.231. The Bertz CT molecular complexity index is 832. The van der Waals surface area contributed by atoms with Crippen molar-refractivity contribution in [3.63, 3.8) is 0 Å². The Hall–Kier alpha value is -1.72. The summed E-state index contributed by atoms with van der Waals surface area (Å²) in [6.07, 6.45) is 3.44. The van der Waals surface area contributed by atoms with Crippen molar-refractivity contribution in [2.75, 3.05) is 0 Å². The molecule has 0 spiro atoms. The third-order valence-electron chi connectivity index (χ3n) is 4.47. The van der Waals surface area contributed by atoms with Gasteiger partial charge in [0.15, 0.2) is 4.96 Å². The fourth-order valence-electron chi connectivity index (χ4n) is 3.31. The maximum atomic E-state index is 13.1. The molecular formula is C17H18FN3S. The topological polar surface area (TPSA) is 43.3 Å². The smallest absolute Gasteiger partial charge is 0.194 e. The van der Waals surface area contributed by atoms with E-state index in [9.17, 15) is 4.39 Å². The maximum Gasteiger partial charge on any atom is 0.194 e. The van der Waals surface area contributed by atoms with Crippen LogP contribution in [0.3, 0.4) is 0 Å². The first kappa shape index (κ1) is 13.9. The largest absolute Gasteiger partial charge is 0.325 e. The van der Waals surface area contributed by atoms with Crippen LogP contribution in [0.2, 0.25) is 0 Å². The molecule has 0 saturated heterocycles. The van der Waals surface area contributed by atoms with E-state index in [0.29, 0.717) is 6.54 Å². The predicted octanol–water partition coefficient (Wildman–Crippen LogP) is 3.79. The second-order valence-electron chi connectivity index (χ2n) is 6.06. The van der Waals surface area contributed by atoms with Crippen LogP contribution in [0.4, 0.5) is 4.39 Å². The van der Waals surface area contributed by atoms with Gasteiger partial charge in [0.1, 0.15) is 5.82 Å². The molecule has 1 unspecified atom stereocenters. The summed E-state index contributed by atoms with van der Waals surface area (Å²) in [4.78, 5) is 7.25. The molecule has 0 saturated carbocycles.